The van der Waals surface area contributed by atoms with Gasteiger partial charge in [-0.3, -0.25) is 9.59 Å². The molecule has 0 aromatic heterocycles. The molecular formula is C27H38N2O5S. The van der Waals surface area contributed by atoms with Gasteiger partial charge >= 0.3 is 0 Å². The number of ether oxygens (including phenoxy) is 1. The average Bonchev–Trinajstić information content (AvgIpc) is 2.98. The Balaban J connectivity index is 1.90. The Hall–Kier alpha value is -2.03. The zero-order chi connectivity index (χ0) is 25.4. The summed E-state index contributed by atoms with van der Waals surface area (Å²) in [5.41, 5.74) is -0.584. The van der Waals surface area contributed by atoms with E-state index in [4.69, 9.17) is 4.74 Å². The fourth-order valence-corrected chi connectivity index (χ4v) is 7.79. The largest absolute Gasteiger partial charge is 0.367 e. The second kappa shape index (κ2) is 10.1. The number of benzene rings is 1. The molecule has 0 radical (unpaired) electrons. The standard InChI is InChI=1S/C27H38N2O5S/c1-5-20-18-34-27(4,15-14-19(2)3)29(20)35(32,33)26-23(28-16-10-6-7-11-17-28)24(30)21-12-8-9-13-22(21)25(26)31/h8-9,12-13,19-20H,5-7,10-11,14-18H2,1-4H3. The van der Waals surface area contributed by atoms with Gasteiger partial charge in [0.2, 0.25) is 11.6 Å². The van der Waals surface area contributed by atoms with E-state index in [9.17, 15) is 18.0 Å². The number of carbonyl (C=O) groups is 2. The van der Waals surface area contributed by atoms with Crippen LogP contribution in [0.4, 0.5) is 0 Å². The number of sulfonamides is 1. The lowest BCUT2D eigenvalue weighted by molar-refractivity contribution is -0.0430. The first kappa shape index (κ1) is 26.0. The van der Waals surface area contributed by atoms with Crippen molar-refractivity contribution >= 4 is 21.6 Å². The van der Waals surface area contributed by atoms with Gasteiger partial charge in [-0.15, -0.1) is 0 Å². The number of Topliss-reactive ketones (excluding diaryl/α,β-unsaturated/α-hetero) is 2. The highest BCUT2D eigenvalue weighted by molar-refractivity contribution is 7.94. The summed E-state index contributed by atoms with van der Waals surface area (Å²) in [5, 5.41) is 0. The van der Waals surface area contributed by atoms with Crippen LogP contribution in [0.15, 0.2) is 34.9 Å². The minimum Gasteiger partial charge on any atom is -0.367 e. The van der Waals surface area contributed by atoms with Crippen molar-refractivity contribution in [1.82, 2.24) is 9.21 Å². The predicted octanol–water partition coefficient (Wildman–Crippen LogP) is 4.75. The molecule has 4 rings (SSSR count). The van der Waals surface area contributed by atoms with Gasteiger partial charge in [-0.05, 0) is 44.9 Å². The Morgan fingerprint density at radius 3 is 2.20 bits per heavy atom. The fraction of sp³-hybridized carbons (Fsp3) is 0.630. The van der Waals surface area contributed by atoms with Crippen molar-refractivity contribution in [2.24, 2.45) is 5.92 Å². The summed E-state index contributed by atoms with van der Waals surface area (Å²) in [7, 11) is -4.34. The molecule has 2 saturated heterocycles. The van der Waals surface area contributed by atoms with Crippen LogP contribution < -0.4 is 0 Å². The molecule has 1 aliphatic carbocycles. The quantitative estimate of drug-likeness (QED) is 0.535. The highest BCUT2D eigenvalue weighted by Crippen LogP contribution is 2.42. The molecule has 1 aromatic rings. The van der Waals surface area contributed by atoms with Gasteiger partial charge in [0.25, 0.3) is 10.0 Å². The molecule has 0 amide bonds. The zero-order valence-electron chi connectivity index (χ0n) is 21.4. The van der Waals surface area contributed by atoms with E-state index in [0.717, 1.165) is 32.1 Å². The number of carbonyl (C=O) groups excluding carboxylic acids is 2. The van der Waals surface area contributed by atoms with Crippen molar-refractivity contribution < 1.29 is 22.7 Å². The van der Waals surface area contributed by atoms with Gasteiger partial charge in [0.15, 0.2) is 4.91 Å². The van der Waals surface area contributed by atoms with Crippen molar-refractivity contribution in [2.75, 3.05) is 19.7 Å². The molecule has 2 aliphatic heterocycles. The molecule has 2 unspecified atom stereocenters. The smallest absolute Gasteiger partial charge is 0.251 e. The second-order valence-corrected chi connectivity index (χ2v) is 12.3. The van der Waals surface area contributed by atoms with E-state index >= 15 is 0 Å². The number of rotatable bonds is 7. The third-order valence-corrected chi connectivity index (χ3v) is 9.63. The molecule has 2 heterocycles. The van der Waals surface area contributed by atoms with E-state index < -0.39 is 27.6 Å². The van der Waals surface area contributed by atoms with Crippen LogP contribution in [0.25, 0.3) is 0 Å². The maximum atomic E-state index is 14.5. The van der Waals surface area contributed by atoms with Crippen molar-refractivity contribution in [1.29, 1.82) is 0 Å². The maximum Gasteiger partial charge on any atom is 0.251 e. The molecule has 7 nitrogen and oxygen atoms in total. The molecule has 0 spiro atoms. The Morgan fingerprint density at radius 2 is 1.63 bits per heavy atom. The Morgan fingerprint density at radius 1 is 1.03 bits per heavy atom. The summed E-state index contributed by atoms with van der Waals surface area (Å²) in [4.78, 5) is 29.2. The minimum absolute atomic E-state index is 0.0450. The van der Waals surface area contributed by atoms with Gasteiger partial charge in [0, 0.05) is 24.2 Å². The predicted molar refractivity (Wildman–Crippen MR) is 135 cm³/mol. The highest BCUT2D eigenvalue weighted by atomic mass is 32.2. The summed E-state index contributed by atoms with van der Waals surface area (Å²) in [6.45, 7) is 9.32. The molecule has 192 valence electrons. The first-order chi connectivity index (χ1) is 16.6. The number of nitrogens with zero attached hydrogens (tertiary/aromatic N) is 2. The number of hydrogen-bond donors (Lipinski definition) is 0. The number of likely N-dealkylation sites (tertiary alicyclic amines) is 1. The molecule has 2 atom stereocenters. The second-order valence-electron chi connectivity index (χ2n) is 10.6. The van der Waals surface area contributed by atoms with Crippen LogP contribution in [-0.4, -0.2) is 60.7 Å². The summed E-state index contributed by atoms with van der Waals surface area (Å²) < 4.78 is 36.6. The maximum absolute atomic E-state index is 14.5. The molecule has 0 bridgehead atoms. The Labute approximate surface area is 209 Å². The summed E-state index contributed by atoms with van der Waals surface area (Å²) in [5.74, 6) is -0.595. The van der Waals surface area contributed by atoms with E-state index in [1.807, 2.05) is 11.8 Å². The monoisotopic (exact) mass is 502 g/mol. The van der Waals surface area contributed by atoms with Gasteiger partial charge < -0.3 is 9.64 Å². The molecule has 3 aliphatic rings. The summed E-state index contributed by atoms with van der Waals surface area (Å²) in [6, 6.07) is 6.17. The lowest BCUT2D eigenvalue weighted by atomic mass is 9.91. The van der Waals surface area contributed by atoms with Crippen LogP contribution in [-0.2, 0) is 14.8 Å². The van der Waals surface area contributed by atoms with Crippen LogP contribution >= 0.6 is 0 Å². The first-order valence-electron chi connectivity index (χ1n) is 13.0. The third-order valence-electron chi connectivity index (χ3n) is 7.53. The summed E-state index contributed by atoms with van der Waals surface area (Å²) in [6.07, 6.45) is 5.62. The molecule has 0 N–H and O–H groups in total. The van der Waals surface area contributed by atoms with Gasteiger partial charge in [0.1, 0.15) is 11.4 Å². The first-order valence-corrected chi connectivity index (χ1v) is 14.4. The van der Waals surface area contributed by atoms with Crippen molar-refractivity contribution in [3.63, 3.8) is 0 Å². The normalized spacial score (nSPS) is 26.4. The van der Waals surface area contributed by atoms with E-state index in [1.54, 1.807) is 31.2 Å². The van der Waals surface area contributed by atoms with E-state index in [0.29, 0.717) is 31.8 Å². The van der Waals surface area contributed by atoms with E-state index in [-0.39, 0.29) is 34.1 Å². The van der Waals surface area contributed by atoms with Gasteiger partial charge in [0.05, 0.1) is 12.6 Å². The molecule has 1 aromatic carbocycles. The molecule has 2 fully saturated rings. The minimum atomic E-state index is -4.34. The Bertz CT molecular complexity index is 1120. The SMILES string of the molecule is CCC1COC(C)(CCC(C)C)N1S(=O)(=O)C1=C(N2CCCCCC2)C(=O)c2ccccc2C1=O. The van der Waals surface area contributed by atoms with Crippen molar-refractivity contribution in [3.05, 3.63) is 46.0 Å². The van der Waals surface area contributed by atoms with Gasteiger partial charge in [-0.2, -0.15) is 4.31 Å². The highest BCUT2D eigenvalue weighted by Gasteiger charge is 2.54. The molecule has 35 heavy (non-hydrogen) atoms. The van der Waals surface area contributed by atoms with E-state index in [1.165, 1.54) is 4.31 Å². The van der Waals surface area contributed by atoms with Crippen LogP contribution in [0.3, 0.4) is 0 Å². The Kier molecular flexibility index (Phi) is 7.55. The lowest BCUT2D eigenvalue weighted by Gasteiger charge is -2.38. The number of fused-ring (bicyclic) bond motifs is 1. The fourth-order valence-electron chi connectivity index (χ4n) is 5.53. The van der Waals surface area contributed by atoms with E-state index in [2.05, 4.69) is 13.8 Å². The van der Waals surface area contributed by atoms with Gasteiger partial charge in [-0.1, -0.05) is 57.9 Å². The topological polar surface area (TPSA) is 84.0 Å². The molecule has 0 saturated carbocycles. The number of ketones is 2. The number of allylic oxidation sites excluding steroid dienone is 2. The lowest BCUT2D eigenvalue weighted by Crippen LogP contribution is -2.52. The van der Waals surface area contributed by atoms with Gasteiger partial charge in [-0.25, -0.2) is 8.42 Å². The van der Waals surface area contributed by atoms with Crippen molar-refractivity contribution in [2.45, 2.75) is 84.4 Å². The third kappa shape index (κ3) is 4.72. The van der Waals surface area contributed by atoms with Crippen LogP contribution in [0.1, 0.15) is 93.4 Å². The average molecular weight is 503 g/mol. The van der Waals surface area contributed by atoms with Crippen LogP contribution in [0.2, 0.25) is 0 Å². The van der Waals surface area contributed by atoms with Crippen molar-refractivity contribution in [3.8, 4) is 0 Å². The zero-order valence-corrected chi connectivity index (χ0v) is 22.2. The van der Waals surface area contributed by atoms with Crippen LogP contribution in [0, 0.1) is 5.92 Å². The van der Waals surface area contributed by atoms with Crippen LogP contribution in [0.5, 0.6) is 0 Å². The summed E-state index contributed by atoms with van der Waals surface area (Å²) >= 11 is 0. The molecular weight excluding hydrogens is 464 g/mol. The molecule has 8 heteroatoms. The number of hydrogen-bond acceptors (Lipinski definition) is 6.